The van der Waals surface area contributed by atoms with Gasteiger partial charge in [-0.3, -0.25) is 4.79 Å². The van der Waals surface area contributed by atoms with E-state index >= 15 is 0 Å². The fourth-order valence-electron chi connectivity index (χ4n) is 3.06. The minimum absolute atomic E-state index is 0.148. The Kier molecular flexibility index (Phi) is 5.42. The SMILES string of the molecule is CN1CC[C@H](O)C1=O.Cc1ccc(-c2ccno2)cc1-c1nc2c(N)ncnc2s1. The van der Waals surface area contributed by atoms with Crippen LogP contribution in [0.2, 0.25) is 0 Å². The Morgan fingerprint density at radius 2 is 2.13 bits per heavy atom. The number of thiazole rings is 1. The lowest BCUT2D eigenvalue weighted by Gasteiger charge is -2.04. The Morgan fingerprint density at radius 1 is 1.30 bits per heavy atom. The maximum Gasteiger partial charge on any atom is 0.251 e. The number of fused-ring (bicyclic) bond motifs is 1. The Morgan fingerprint density at radius 3 is 2.73 bits per heavy atom. The van der Waals surface area contributed by atoms with Crippen molar-refractivity contribution < 1.29 is 14.4 Å². The standard InChI is InChI=1S/C15H11N5OS.C5H9NO2/c1-8-2-3-9(11-4-5-19-21-11)6-10(8)14-20-12-13(16)17-7-18-15(12)22-14;1-6-3-2-4(7)5(6)8/h2-7H,1H3,(H2,16,17,18);4,7H,2-3H2,1H3/t;4-/m.0/s1. The third-order valence-electron chi connectivity index (χ3n) is 4.81. The summed E-state index contributed by atoms with van der Waals surface area (Å²) in [4.78, 5) is 25.7. The van der Waals surface area contributed by atoms with Gasteiger partial charge in [-0.15, -0.1) is 0 Å². The molecule has 1 aliphatic rings. The van der Waals surface area contributed by atoms with E-state index in [1.165, 1.54) is 22.6 Å². The molecule has 30 heavy (non-hydrogen) atoms. The van der Waals surface area contributed by atoms with Crippen LogP contribution in [0, 0.1) is 6.92 Å². The Bertz CT molecular complexity index is 1180. The minimum atomic E-state index is -0.722. The highest BCUT2D eigenvalue weighted by Crippen LogP contribution is 2.34. The van der Waals surface area contributed by atoms with Crippen molar-refractivity contribution in [1.82, 2.24) is 25.0 Å². The fourth-order valence-corrected chi connectivity index (χ4v) is 4.06. The van der Waals surface area contributed by atoms with Crippen LogP contribution in [0.4, 0.5) is 5.82 Å². The van der Waals surface area contributed by atoms with Crippen molar-refractivity contribution in [3.8, 4) is 21.9 Å². The molecule has 1 fully saturated rings. The van der Waals surface area contributed by atoms with Crippen molar-refractivity contribution >= 4 is 33.4 Å². The zero-order valence-electron chi connectivity index (χ0n) is 16.4. The van der Waals surface area contributed by atoms with E-state index in [0.717, 1.165) is 32.3 Å². The van der Waals surface area contributed by atoms with Crippen LogP contribution in [0.5, 0.6) is 0 Å². The predicted molar refractivity (Wildman–Crippen MR) is 114 cm³/mol. The van der Waals surface area contributed by atoms with Gasteiger partial charge >= 0.3 is 0 Å². The van der Waals surface area contributed by atoms with E-state index in [1.54, 1.807) is 13.2 Å². The first kappa shape index (κ1) is 19.9. The van der Waals surface area contributed by atoms with E-state index in [0.29, 0.717) is 24.3 Å². The summed E-state index contributed by atoms with van der Waals surface area (Å²) in [6, 6.07) is 7.91. The van der Waals surface area contributed by atoms with Gasteiger partial charge in [-0.25, -0.2) is 15.0 Å². The van der Waals surface area contributed by atoms with Gasteiger partial charge in [0.15, 0.2) is 11.6 Å². The number of nitrogens with zero attached hydrogens (tertiary/aromatic N) is 5. The molecule has 3 N–H and O–H groups in total. The average molecular weight is 424 g/mol. The molecule has 4 heterocycles. The Hall–Kier alpha value is -3.37. The smallest absolute Gasteiger partial charge is 0.251 e. The van der Waals surface area contributed by atoms with Gasteiger partial charge in [0.05, 0.1) is 6.20 Å². The number of hydrogen-bond donors (Lipinski definition) is 2. The first-order chi connectivity index (χ1) is 14.4. The number of aliphatic hydroxyl groups is 1. The Labute approximate surface area is 176 Å². The van der Waals surface area contributed by atoms with Crippen LogP contribution in [-0.4, -0.2) is 55.7 Å². The fraction of sp³-hybridized carbons (Fsp3) is 0.250. The molecule has 4 aromatic rings. The number of likely N-dealkylation sites (N-methyl/N-ethyl adjacent to an activating group) is 1. The highest BCUT2D eigenvalue weighted by molar-refractivity contribution is 7.21. The molecule has 0 radical (unpaired) electrons. The minimum Gasteiger partial charge on any atom is -0.383 e. The molecular weight excluding hydrogens is 404 g/mol. The second-order valence-corrected chi connectivity index (χ2v) is 7.88. The van der Waals surface area contributed by atoms with Crippen LogP contribution in [0.25, 0.3) is 32.2 Å². The summed E-state index contributed by atoms with van der Waals surface area (Å²) in [6.45, 7) is 2.74. The highest BCUT2D eigenvalue weighted by Gasteiger charge is 2.26. The zero-order chi connectivity index (χ0) is 21.3. The lowest BCUT2D eigenvalue weighted by Crippen LogP contribution is -2.24. The van der Waals surface area contributed by atoms with Crippen LogP contribution >= 0.6 is 11.3 Å². The number of aryl methyl sites for hydroxylation is 1. The molecule has 1 saturated heterocycles. The quantitative estimate of drug-likeness (QED) is 0.502. The predicted octanol–water partition coefficient (Wildman–Crippen LogP) is 2.51. The molecule has 1 aliphatic heterocycles. The van der Waals surface area contributed by atoms with Crippen molar-refractivity contribution in [3.05, 3.63) is 42.4 Å². The number of carbonyl (C=O) groups excluding carboxylic acids is 1. The van der Waals surface area contributed by atoms with Crippen LogP contribution in [0.3, 0.4) is 0 Å². The van der Waals surface area contributed by atoms with Crippen molar-refractivity contribution in [2.45, 2.75) is 19.4 Å². The van der Waals surface area contributed by atoms with Gasteiger partial charge in [-0.1, -0.05) is 28.6 Å². The molecule has 5 rings (SSSR count). The summed E-state index contributed by atoms with van der Waals surface area (Å²) < 4.78 is 5.22. The zero-order valence-corrected chi connectivity index (χ0v) is 17.3. The molecular formula is C20H20N6O3S. The molecule has 1 atom stereocenters. The number of carbonyl (C=O) groups is 1. The topological polar surface area (TPSA) is 131 Å². The number of nitrogens with two attached hydrogens (primary N) is 1. The van der Waals surface area contributed by atoms with Gasteiger partial charge in [-0.2, -0.15) is 0 Å². The monoisotopic (exact) mass is 424 g/mol. The summed E-state index contributed by atoms with van der Waals surface area (Å²) in [6.07, 6.45) is 2.95. The second-order valence-electron chi connectivity index (χ2n) is 6.90. The van der Waals surface area contributed by atoms with Gasteiger partial charge < -0.3 is 20.3 Å². The van der Waals surface area contributed by atoms with Gasteiger partial charge in [0, 0.05) is 30.8 Å². The van der Waals surface area contributed by atoms with Crippen molar-refractivity contribution in [2.24, 2.45) is 0 Å². The highest BCUT2D eigenvalue weighted by atomic mass is 32.1. The summed E-state index contributed by atoms with van der Waals surface area (Å²) in [5, 5.41) is 13.4. The molecule has 0 spiro atoms. The maximum absolute atomic E-state index is 10.6. The first-order valence-corrected chi connectivity index (χ1v) is 10.1. The van der Waals surface area contributed by atoms with Crippen molar-refractivity contribution in [2.75, 3.05) is 19.3 Å². The van der Waals surface area contributed by atoms with E-state index < -0.39 is 6.10 Å². The summed E-state index contributed by atoms with van der Waals surface area (Å²) in [5.74, 6) is 0.975. The molecule has 1 amide bonds. The summed E-state index contributed by atoms with van der Waals surface area (Å²) in [5.41, 5.74) is 9.61. The number of anilines is 1. The average Bonchev–Trinajstić information content (AvgIpc) is 3.47. The molecule has 3 aromatic heterocycles. The van der Waals surface area contributed by atoms with E-state index in [1.807, 2.05) is 31.2 Å². The molecule has 154 valence electrons. The normalized spacial score (nSPS) is 16.0. The first-order valence-electron chi connectivity index (χ1n) is 9.26. The molecule has 0 bridgehead atoms. The van der Waals surface area contributed by atoms with E-state index in [-0.39, 0.29) is 5.91 Å². The van der Waals surface area contributed by atoms with Gasteiger partial charge in [0.2, 0.25) is 0 Å². The summed E-state index contributed by atoms with van der Waals surface area (Å²) >= 11 is 1.50. The van der Waals surface area contributed by atoms with E-state index in [9.17, 15) is 4.79 Å². The van der Waals surface area contributed by atoms with Crippen molar-refractivity contribution in [3.63, 3.8) is 0 Å². The molecule has 0 aliphatic carbocycles. The van der Waals surface area contributed by atoms with Crippen LogP contribution in [0.15, 0.2) is 41.3 Å². The maximum atomic E-state index is 10.6. The third kappa shape index (κ3) is 3.87. The number of hydrogen-bond acceptors (Lipinski definition) is 9. The number of rotatable bonds is 2. The van der Waals surface area contributed by atoms with Gasteiger partial charge in [0.1, 0.15) is 27.8 Å². The number of amides is 1. The number of nitrogen functional groups attached to an aromatic ring is 1. The number of aromatic nitrogens is 4. The number of benzene rings is 1. The lowest BCUT2D eigenvalue weighted by molar-refractivity contribution is -0.133. The van der Waals surface area contributed by atoms with Crippen LogP contribution in [0.1, 0.15) is 12.0 Å². The lowest BCUT2D eigenvalue weighted by atomic mass is 10.0. The summed E-state index contributed by atoms with van der Waals surface area (Å²) in [7, 11) is 1.69. The number of likely N-dealkylation sites (tertiary alicyclic amines) is 1. The molecule has 0 unspecified atom stereocenters. The van der Waals surface area contributed by atoms with E-state index in [2.05, 4.69) is 20.1 Å². The second kappa shape index (κ2) is 8.17. The van der Waals surface area contributed by atoms with Crippen molar-refractivity contribution in [1.29, 1.82) is 0 Å². The molecule has 0 saturated carbocycles. The molecule has 9 nitrogen and oxygen atoms in total. The van der Waals surface area contributed by atoms with E-state index in [4.69, 9.17) is 15.4 Å². The largest absolute Gasteiger partial charge is 0.383 e. The molecule has 1 aromatic carbocycles. The van der Waals surface area contributed by atoms with Crippen LogP contribution < -0.4 is 5.73 Å². The number of aliphatic hydroxyl groups excluding tert-OH is 1. The van der Waals surface area contributed by atoms with Gasteiger partial charge in [-0.05, 0) is 25.0 Å². The Balaban J connectivity index is 0.000000230. The van der Waals surface area contributed by atoms with Gasteiger partial charge in [0.25, 0.3) is 5.91 Å². The third-order valence-corrected chi connectivity index (χ3v) is 5.81. The van der Waals surface area contributed by atoms with Crippen LogP contribution in [-0.2, 0) is 4.79 Å². The molecule has 10 heteroatoms.